The molecule has 4 aromatic rings. The third-order valence-corrected chi connectivity index (χ3v) is 6.71. The highest BCUT2D eigenvalue weighted by Gasteiger charge is 2.27. The molecule has 0 radical (unpaired) electrons. The van der Waals surface area contributed by atoms with Crippen LogP contribution in [0, 0.1) is 6.92 Å². The Morgan fingerprint density at radius 1 is 1.06 bits per heavy atom. The summed E-state index contributed by atoms with van der Waals surface area (Å²) in [5.74, 6) is 2.04. The van der Waals surface area contributed by atoms with Crippen LogP contribution in [0.1, 0.15) is 41.2 Å². The SMILES string of the molecule is CC[C@H](C)N(Cc1c(C)nn(-c2ccccc2)c1Oc1ccc(OC)cc1)C(=O)c1cccs1. The molecule has 2 aromatic heterocycles. The normalized spacial score (nSPS) is 11.8. The van der Waals surface area contributed by atoms with Gasteiger partial charge in [-0.2, -0.15) is 5.10 Å². The van der Waals surface area contributed by atoms with Crippen LogP contribution in [0.15, 0.2) is 72.1 Å². The predicted molar refractivity (Wildman–Crippen MR) is 135 cm³/mol. The maximum atomic E-state index is 13.4. The highest BCUT2D eigenvalue weighted by Crippen LogP contribution is 2.33. The molecule has 0 aliphatic heterocycles. The molecule has 2 heterocycles. The van der Waals surface area contributed by atoms with E-state index in [0.29, 0.717) is 18.2 Å². The number of methoxy groups -OCH3 is 1. The summed E-state index contributed by atoms with van der Waals surface area (Å²) in [7, 11) is 1.63. The summed E-state index contributed by atoms with van der Waals surface area (Å²) >= 11 is 1.46. The van der Waals surface area contributed by atoms with Gasteiger partial charge in [-0.25, -0.2) is 4.68 Å². The summed E-state index contributed by atoms with van der Waals surface area (Å²) in [5, 5.41) is 6.73. The van der Waals surface area contributed by atoms with E-state index in [9.17, 15) is 4.79 Å². The molecule has 0 saturated carbocycles. The first kappa shape index (κ1) is 23.6. The molecule has 0 fully saturated rings. The summed E-state index contributed by atoms with van der Waals surface area (Å²) in [6.45, 7) is 6.52. The van der Waals surface area contributed by atoms with Crippen molar-refractivity contribution in [1.82, 2.24) is 14.7 Å². The summed E-state index contributed by atoms with van der Waals surface area (Å²) < 4.78 is 13.5. The Hall–Kier alpha value is -3.58. The van der Waals surface area contributed by atoms with Crippen LogP contribution >= 0.6 is 11.3 Å². The number of carbonyl (C=O) groups is 1. The molecular formula is C27H29N3O3S. The largest absolute Gasteiger partial charge is 0.497 e. The van der Waals surface area contributed by atoms with Gasteiger partial charge in [0.25, 0.3) is 5.91 Å². The standard InChI is InChI=1S/C27H29N3O3S/c1-5-19(2)29(26(31)25-12-9-17-34-25)18-24-20(3)28-30(21-10-7-6-8-11-21)27(24)33-23-15-13-22(32-4)14-16-23/h6-17,19H,5,18H2,1-4H3/t19-/m0/s1. The molecule has 0 bridgehead atoms. The molecule has 2 aromatic carbocycles. The number of aryl methyl sites for hydroxylation is 1. The van der Waals surface area contributed by atoms with Crippen molar-refractivity contribution >= 4 is 17.2 Å². The number of hydrogen-bond acceptors (Lipinski definition) is 5. The summed E-state index contributed by atoms with van der Waals surface area (Å²) in [5.41, 5.74) is 2.59. The van der Waals surface area contributed by atoms with E-state index in [-0.39, 0.29) is 11.9 Å². The number of ether oxygens (including phenoxy) is 2. The molecule has 0 saturated heterocycles. The van der Waals surface area contributed by atoms with Crippen LogP contribution < -0.4 is 9.47 Å². The number of amides is 1. The molecule has 176 valence electrons. The van der Waals surface area contributed by atoms with E-state index < -0.39 is 0 Å². The fourth-order valence-electron chi connectivity index (χ4n) is 3.69. The van der Waals surface area contributed by atoms with Gasteiger partial charge in [-0.05, 0) is 68.1 Å². The second-order valence-electron chi connectivity index (χ2n) is 8.06. The lowest BCUT2D eigenvalue weighted by molar-refractivity contribution is 0.0675. The number of rotatable bonds is 9. The van der Waals surface area contributed by atoms with Crippen LogP contribution in [0.25, 0.3) is 5.69 Å². The number of aromatic nitrogens is 2. The molecule has 4 rings (SSSR count). The minimum absolute atomic E-state index is 0.0200. The number of thiophene rings is 1. The van der Waals surface area contributed by atoms with E-state index in [1.807, 2.05) is 83.9 Å². The van der Waals surface area contributed by atoms with Gasteiger partial charge in [-0.15, -0.1) is 11.3 Å². The zero-order valence-corrected chi connectivity index (χ0v) is 20.7. The van der Waals surface area contributed by atoms with E-state index >= 15 is 0 Å². The van der Waals surface area contributed by atoms with Crippen LogP contribution in [0.3, 0.4) is 0 Å². The number of hydrogen-bond donors (Lipinski definition) is 0. The topological polar surface area (TPSA) is 56.6 Å². The van der Waals surface area contributed by atoms with Crippen LogP contribution in [-0.2, 0) is 6.54 Å². The smallest absolute Gasteiger partial charge is 0.264 e. The zero-order chi connectivity index (χ0) is 24.1. The van der Waals surface area contributed by atoms with E-state index in [1.165, 1.54) is 11.3 Å². The number of nitrogens with zero attached hydrogens (tertiary/aromatic N) is 3. The molecule has 7 heteroatoms. The second-order valence-corrected chi connectivity index (χ2v) is 9.01. The Balaban J connectivity index is 1.77. The van der Waals surface area contributed by atoms with E-state index in [4.69, 9.17) is 14.6 Å². The average Bonchev–Trinajstić information content (AvgIpc) is 3.52. The minimum atomic E-state index is 0.0200. The van der Waals surface area contributed by atoms with E-state index in [2.05, 4.69) is 13.8 Å². The van der Waals surface area contributed by atoms with Gasteiger partial charge in [0.05, 0.1) is 35.5 Å². The van der Waals surface area contributed by atoms with Crippen LogP contribution in [0.2, 0.25) is 0 Å². The fourth-order valence-corrected chi connectivity index (χ4v) is 4.36. The van der Waals surface area contributed by atoms with Crippen molar-refractivity contribution in [2.24, 2.45) is 0 Å². The van der Waals surface area contributed by atoms with E-state index in [1.54, 1.807) is 11.8 Å². The lowest BCUT2D eigenvalue weighted by Crippen LogP contribution is -2.37. The molecule has 0 spiro atoms. The average molecular weight is 476 g/mol. The monoisotopic (exact) mass is 475 g/mol. The predicted octanol–water partition coefficient (Wildman–Crippen LogP) is 6.48. The van der Waals surface area contributed by atoms with Gasteiger partial charge in [0.1, 0.15) is 11.5 Å². The molecule has 0 N–H and O–H groups in total. The van der Waals surface area contributed by atoms with Gasteiger partial charge in [0.2, 0.25) is 5.88 Å². The van der Waals surface area contributed by atoms with Gasteiger partial charge in [-0.1, -0.05) is 31.2 Å². The highest BCUT2D eigenvalue weighted by molar-refractivity contribution is 7.12. The van der Waals surface area contributed by atoms with Crippen molar-refractivity contribution in [3.8, 4) is 23.1 Å². The van der Waals surface area contributed by atoms with Crippen molar-refractivity contribution < 1.29 is 14.3 Å². The molecule has 6 nitrogen and oxygen atoms in total. The first-order chi connectivity index (χ1) is 16.5. The number of benzene rings is 2. The Morgan fingerprint density at radius 3 is 2.38 bits per heavy atom. The second kappa shape index (κ2) is 10.6. The van der Waals surface area contributed by atoms with Crippen molar-refractivity contribution in [1.29, 1.82) is 0 Å². The summed E-state index contributed by atoms with van der Waals surface area (Å²) in [6.07, 6.45) is 0.845. The van der Waals surface area contributed by atoms with Gasteiger partial charge < -0.3 is 14.4 Å². The van der Waals surface area contributed by atoms with Crippen molar-refractivity contribution in [2.45, 2.75) is 39.8 Å². The first-order valence-electron chi connectivity index (χ1n) is 11.3. The quantitative estimate of drug-likeness (QED) is 0.278. The molecule has 1 atom stereocenters. The van der Waals surface area contributed by atoms with Crippen molar-refractivity contribution in [2.75, 3.05) is 7.11 Å². The van der Waals surface area contributed by atoms with Crippen LogP contribution in [0.5, 0.6) is 17.4 Å². The summed E-state index contributed by atoms with van der Waals surface area (Å²) in [6, 6.07) is 21.2. The summed E-state index contributed by atoms with van der Waals surface area (Å²) in [4.78, 5) is 16.0. The molecular weight excluding hydrogens is 446 g/mol. The van der Waals surface area contributed by atoms with Crippen LogP contribution in [0.4, 0.5) is 0 Å². The molecule has 1 amide bonds. The molecule has 34 heavy (non-hydrogen) atoms. The third-order valence-electron chi connectivity index (χ3n) is 5.86. The lowest BCUT2D eigenvalue weighted by Gasteiger charge is -2.28. The first-order valence-corrected chi connectivity index (χ1v) is 12.2. The van der Waals surface area contributed by atoms with E-state index in [0.717, 1.165) is 34.0 Å². The number of carbonyl (C=O) groups excluding carboxylic acids is 1. The zero-order valence-electron chi connectivity index (χ0n) is 19.9. The molecule has 0 aliphatic rings. The van der Waals surface area contributed by atoms with Gasteiger partial charge in [-0.3, -0.25) is 4.79 Å². The lowest BCUT2D eigenvalue weighted by atomic mass is 10.1. The Kier molecular flexibility index (Phi) is 7.33. The fraction of sp³-hybridized carbons (Fsp3) is 0.259. The van der Waals surface area contributed by atoms with Gasteiger partial charge in [0, 0.05) is 6.04 Å². The maximum absolute atomic E-state index is 13.4. The number of para-hydroxylation sites is 1. The van der Waals surface area contributed by atoms with Crippen molar-refractivity contribution in [3.05, 3.63) is 88.2 Å². The van der Waals surface area contributed by atoms with Crippen LogP contribution in [-0.4, -0.2) is 33.7 Å². The van der Waals surface area contributed by atoms with Gasteiger partial charge >= 0.3 is 0 Å². The molecule has 0 unspecified atom stereocenters. The third kappa shape index (κ3) is 4.99. The van der Waals surface area contributed by atoms with Crippen molar-refractivity contribution in [3.63, 3.8) is 0 Å². The van der Waals surface area contributed by atoms with Gasteiger partial charge in [0.15, 0.2) is 0 Å². The minimum Gasteiger partial charge on any atom is -0.497 e. The Morgan fingerprint density at radius 2 is 1.76 bits per heavy atom. The Bertz CT molecular complexity index is 1220. The Labute approximate surface area is 204 Å². The highest BCUT2D eigenvalue weighted by atomic mass is 32.1. The maximum Gasteiger partial charge on any atom is 0.264 e. The molecule has 0 aliphatic carbocycles.